The van der Waals surface area contributed by atoms with Crippen LogP contribution in [0.25, 0.3) is 0 Å². The van der Waals surface area contributed by atoms with E-state index in [1.807, 2.05) is 0 Å². The minimum Gasteiger partial charge on any atom is -0.369 e. The van der Waals surface area contributed by atoms with Crippen LogP contribution in [0.3, 0.4) is 0 Å². The van der Waals surface area contributed by atoms with Gasteiger partial charge in [-0.2, -0.15) is 0 Å². The quantitative estimate of drug-likeness (QED) is 0.740. The van der Waals surface area contributed by atoms with Crippen LogP contribution in [0.15, 0.2) is 0 Å². The second kappa shape index (κ2) is 7.96. The fourth-order valence-corrected chi connectivity index (χ4v) is 3.59. The molecule has 5 heteroatoms. The maximum absolute atomic E-state index is 11.3. The molecule has 2 saturated heterocycles. The molecule has 0 saturated carbocycles. The molecule has 0 spiro atoms. The minimum absolute atomic E-state index is 0.194. The largest absolute Gasteiger partial charge is 0.369 e. The SMILES string of the molecule is CN1CCCCC1CCN(CC(N)=O)C1CCNCC1. The van der Waals surface area contributed by atoms with Crippen LogP contribution in [-0.2, 0) is 4.79 Å². The lowest BCUT2D eigenvalue weighted by atomic mass is 9.98. The van der Waals surface area contributed by atoms with Gasteiger partial charge in [-0.3, -0.25) is 9.69 Å². The number of piperidine rings is 2. The monoisotopic (exact) mass is 282 g/mol. The fourth-order valence-electron chi connectivity index (χ4n) is 3.59. The molecule has 2 aliphatic heterocycles. The summed E-state index contributed by atoms with van der Waals surface area (Å²) in [5.41, 5.74) is 5.43. The van der Waals surface area contributed by atoms with E-state index in [1.54, 1.807) is 0 Å². The number of primary amides is 1. The Morgan fingerprint density at radius 2 is 2.05 bits per heavy atom. The van der Waals surface area contributed by atoms with Crippen LogP contribution in [0, 0.1) is 0 Å². The molecule has 0 aromatic rings. The molecule has 0 bridgehead atoms. The molecule has 0 aliphatic carbocycles. The highest BCUT2D eigenvalue weighted by atomic mass is 16.1. The van der Waals surface area contributed by atoms with Crippen molar-refractivity contribution < 1.29 is 4.79 Å². The van der Waals surface area contributed by atoms with Crippen molar-refractivity contribution in [3.8, 4) is 0 Å². The number of nitrogens with two attached hydrogens (primary N) is 1. The molecular weight excluding hydrogens is 252 g/mol. The third-order valence-corrected chi connectivity index (χ3v) is 4.86. The van der Waals surface area contributed by atoms with Gasteiger partial charge in [-0.1, -0.05) is 6.42 Å². The Morgan fingerprint density at radius 3 is 2.70 bits per heavy atom. The number of carbonyl (C=O) groups is 1. The van der Waals surface area contributed by atoms with Crippen LogP contribution < -0.4 is 11.1 Å². The highest BCUT2D eigenvalue weighted by Gasteiger charge is 2.25. The van der Waals surface area contributed by atoms with Gasteiger partial charge in [-0.25, -0.2) is 0 Å². The molecule has 116 valence electrons. The lowest BCUT2D eigenvalue weighted by molar-refractivity contribution is -0.119. The maximum atomic E-state index is 11.3. The van der Waals surface area contributed by atoms with Gasteiger partial charge in [-0.15, -0.1) is 0 Å². The molecule has 2 aliphatic rings. The van der Waals surface area contributed by atoms with Crippen molar-refractivity contribution in [3.05, 3.63) is 0 Å². The van der Waals surface area contributed by atoms with Gasteiger partial charge in [-0.05, 0) is 58.8 Å². The lowest BCUT2D eigenvalue weighted by Gasteiger charge is -2.37. The Labute approximate surface area is 122 Å². The van der Waals surface area contributed by atoms with Crippen molar-refractivity contribution in [2.75, 3.05) is 39.8 Å². The molecule has 2 heterocycles. The standard InChI is InChI=1S/C15H30N4O/c1-18-10-3-2-4-13(18)7-11-19(12-15(16)20)14-5-8-17-9-6-14/h13-14,17H,2-12H2,1H3,(H2,16,20). The summed E-state index contributed by atoms with van der Waals surface area (Å²) in [6.07, 6.45) is 7.40. The molecule has 3 N–H and O–H groups in total. The number of likely N-dealkylation sites (tertiary alicyclic amines) is 1. The van der Waals surface area contributed by atoms with Crippen molar-refractivity contribution in [2.45, 2.75) is 50.6 Å². The highest BCUT2D eigenvalue weighted by molar-refractivity contribution is 5.75. The highest BCUT2D eigenvalue weighted by Crippen LogP contribution is 2.19. The molecule has 1 unspecified atom stereocenters. The summed E-state index contributed by atoms with van der Waals surface area (Å²) in [6.45, 7) is 4.75. The van der Waals surface area contributed by atoms with Crippen molar-refractivity contribution in [3.63, 3.8) is 0 Å². The molecule has 1 amide bonds. The zero-order valence-electron chi connectivity index (χ0n) is 12.8. The summed E-state index contributed by atoms with van der Waals surface area (Å²) in [5, 5.41) is 3.38. The predicted octanol–water partition coefficient (Wildman–Crippen LogP) is 0.400. The number of hydrogen-bond donors (Lipinski definition) is 2. The Morgan fingerprint density at radius 1 is 1.30 bits per heavy atom. The number of nitrogens with one attached hydrogen (secondary N) is 1. The average molecular weight is 282 g/mol. The second-order valence-corrected chi connectivity index (χ2v) is 6.34. The fraction of sp³-hybridized carbons (Fsp3) is 0.933. The summed E-state index contributed by atoms with van der Waals surface area (Å²) < 4.78 is 0. The molecule has 2 fully saturated rings. The van der Waals surface area contributed by atoms with Gasteiger partial charge in [0.1, 0.15) is 0 Å². The number of hydrogen-bond acceptors (Lipinski definition) is 4. The first-order chi connectivity index (χ1) is 9.66. The van der Waals surface area contributed by atoms with Crippen LogP contribution in [0.1, 0.15) is 38.5 Å². The van der Waals surface area contributed by atoms with E-state index in [-0.39, 0.29) is 5.91 Å². The van der Waals surface area contributed by atoms with Gasteiger partial charge in [0, 0.05) is 18.6 Å². The van der Waals surface area contributed by atoms with Gasteiger partial charge in [0.25, 0.3) is 0 Å². The van der Waals surface area contributed by atoms with Crippen molar-refractivity contribution in [2.24, 2.45) is 5.73 Å². The molecule has 0 aromatic carbocycles. The molecule has 0 radical (unpaired) electrons. The molecule has 1 atom stereocenters. The van der Waals surface area contributed by atoms with Gasteiger partial charge in [0.2, 0.25) is 5.91 Å². The van der Waals surface area contributed by atoms with E-state index in [0.717, 1.165) is 38.9 Å². The van der Waals surface area contributed by atoms with E-state index >= 15 is 0 Å². The van der Waals surface area contributed by atoms with E-state index in [1.165, 1.54) is 25.8 Å². The third-order valence-electron chi connectivity index (χ3n) is 4.86. The summed E-state index contributed by atoms with van der Waals surface area (Å²) in [7, 11) is 2.23. The first-order valence-electron chi connectivity index (χ1n) is 8.10. The number of nitrogens with zero attached hydrogens (tertiary/aromatic N) is 2. The predicted molar refractivity (Wildman–Crippen MR) is 81.5 cm³/mol. The Bertz CT molecular complexity index is 304. The van der Waals surface area contributed by atoms with Crippen LogP contribution in [0.2, 0.25) is 0 Å². The van der Waals surface area contributed by atoms with E-state index in [2.05, 4.69) is 22.2 Å². The molecule has 5 nitrogen and oxygen atoms in total. The van der Waals surface area contributed by atoms with E-state index in [9.17, 15) is 4.79 Å². The topological polar surface area (TPSA) is 61.6 Å². The Hall–Kier alpha value is -0.650. The average Bonchev–Trinajstić information content (AvgIpc) is 2.45. The van der Waals surface area contributed by atoms with E-state index in [4.69, 9.17) is 5.73 Å². The molecule has 2 rings (SSSR count). The number of rotatable bonds is 6. The van der Waals surface area contributed by atoms with Gasteiger partial charge < -0.3 is 16.0 Å². The van der Waals surface area contributed by atoms with Crippen LogP contribution in [0.5, 0.6) is 0 Å². The van der Waals surface area contributed by atoms with Crippen molar-refractivity contribution >= 4 is 5.91 Å². The third kappa shape index (κ3) is 4.72. The molecule has 0 aromatic heterocycles. The molecular formula is C15H30N4O. The molecule has 20 heavy (non-hydrogen) atoms. The first kappa shape index (κ1) is 15.7. The van der Waals surface area contributed by atoms with Crippen LogP contribution in [0.4, 0.5) is 0 Å². The van der Waals surface area contributed by atoms with E-state index < -0.39 is 0 Å². The zero-order valence-corrected chi connectivity index (χ0v) is 12.8. The summed E-state index contributed by atoms with van der Waals surface area (Å²) >= 11 is 0. The Balaban J connectivity index is 1.84. The number of amides is 1. The van der Waals surface area contributed by atoms with Crippen LogP contribution in [-0.4, -0.2) is 67.6 Å². The minimum atomic E-state index is -0.194. The maximum Gasteiger partial charge on any atom is 0.231 e. The van der Waals surface area contributed by atoms with Gasteiger partial charge in [0.05, 0.1) is 6.54 Å². The van der Waals surface area contributed by atoms with Gasteiger partial charge in [0.15, 0.2) is 0 Å². The lowest BCUT2D eigenvalue weighted by Crippen LogP contribution is -2.48. The smallest absolute Gasteiger partial charge is 0.231 e. The first-order valence-corrected chi connectivity index (χ1v) is 8.10. The van der Waals surface area contributed by atoms with Gasteiger partial charge >= 0.3 is 0 Å². The number of carbonyl (C=O) groups excluding carboxylic acids is 1. The summed E-state index contributed by atoms with van der Waals surface area (Å²) in [5.74, 6) is -0.194. The summed E-state index contributed by atoms with van der Waals surface area (Å²) in [4.78, 5) is 16.1. The Kier molecular flexibility index (Phi) is 6.26. The normalized spacial score (nSPS) is 26.0. The van der Waals surface area contributed by atoms with Crippen LogP contribution >= 0.6 is 0 Å². The summed E-state index contributed by atoms with van der Waals surface area (Å²) in [6, 6.07) is 1.21. The van der Waals surface area contributed by atoms with E-state index in [0.29, 0.717) is 18.6 Å². The zero-order chi connectivity index (χ0) is 14.4. The van der Waals surface area contributed by atoms with Crippen molar-refractivity contribution in [1.82, 2.24) is 15.1 Å². The van der Waals surface area contributed by atoms with Crippen molar-refractivity contribution in [1.29, 1.82) is 0 Å². The second-order valence-electron chi connectivity index (χ2n) is 6.34.